The Morgan fingerprint density at radius 2 is 1.95 bits per heavy atom. The first kappa shape index (κ1) is 31.4. The first-order valence-corrected chi connectivity index (χ1v) is 14.7. The first-order valence-electron chi connectivity index (χ1n) is 13.2. The number of aromatic nitrogens is 3. The highest BCUT2D eigenvalue weighted by atomic mass is 31.2. The van der Waals surface area contributed by atoms with E-state index in [2.05, 4.69) is 15.2 Å². The molecular weight excluding hydrogens is 567 g/mol. The van der Waals surface area contributed by atoms with Crippen LogP contribution in [0.15, 0.2) is 48.8 Å². The summed E-state index contributed by atoms with van der Waals surface area (Å²) >= 11 is 0. The zero-order valence-corrected chi connectivity index (χ0v) is 24.8. The summed E-state index contributed by atoms with van der Waals surface area (Å²) in [5.74, 6) is -0.389. The Hall–Kier alpha value is -3.57. The molecule has 7 atom stereocenters. The fraction of sp³-hybridized carbons (Fsp3) is 0.481. The number of nitrogens with one attached hydrogen (secondary N) is 1. The third-order valence-corrected chi connectivity index (χ3v) is 8.34. The van der Waals surface area contributed by atoms with Gasteiger partial charge in [-0.3, -0.25) is 9.32 Å². The van der Waals surface area contributed by atoms with Crippen molar-refractivity contribution in [2.24, 2.45) is 5.41 Å². The quantitative estimate of drug-likeness (QED) is 0.195. The van der Waals surface area contributed by atoms with Crippen LogP contribution in [0.5, 0.6) is 5.75 Å². The van der Waals surface area contributed by atoms with Gasteiger partial charge in [-0.25, -0.2) is 14.1 Å². The molecule has 1 fully saturated rings. The zero-order chi connectivity index (χ0) is 30.9. The normalized spacial score (nSPS) is 25.3. The number of nitrogens with zero attached hydrogens (tertiary/aromatic N) is 4. The van der Waals surface area contributed by atoms with E-state index in [1.54, 1.807) is 30.3 Å². The predicted octanol–water partition coefficient (Wildman–Crippen LogP) is 2.53. The van der Waals surface area contributed by atoms with Gasteiger partial charge < -0.3 is 29.9 Å². The number of nitrogens with two attached hydrogens (primary N) is 1. The SMILES string of the molecule is CC(O[P@@](=O)(N[C@@H](C)C(=O)OCC(C)(C)C)Oc1ccccc1)[C@@]1(C#N)O[C@@H](c2ccc3c(N)ncnn23)[C@H](O)[C@@H]1O. The van der Waals surface area contributed by atoms with Crippen LogP contribution in [0.3, 0.4) is 0 Å². The van der Waals surface area contributed by atoms with Crippen LogP contribution in [-0.2, 0) is 23.4 Å². The molecule has 0 spiro atoms. The minimum absolute atomic E-state index is 0.112. The van der Waals surface area contributed by atoms with Crippen molar-refractivity contribution in [1.82, 2.24) is 19.7 Å². The summed E-state index contributed by atoms with van der Waals surface area (Å²) in [6.07, 6.45) is -4.94. The molecule has 1 unspecified atom stereocenters. The molecule has 1 aromatic carbocycles. The maximum absolute atomic E-state index is 14.1. The van der Waals surface area contributed by atoms with Crippen molar-refractivity contribution in [2.45, 2.75) is 70.7 Å². The second-order valence-electron chi connectivity index (χ2n) is 11.2. The number of hydrogen-bond acceptors (Lipinski definition) is 12. The van der Waals surface area contributed by atoms with Crippen LogP contribution in [0.1, 0.15) is 46.4 Å². The lowest BCUT2D eigenvalue weighted by molar-refractivity contribution is -0.148. The molecule has 4 rings (SSSR count). The van der Waals surface area contributed by atoms with Gasteiger partial charge in [0.1, 0.15) is 54.1 Å². The number of rotatable bonds is 10. The Bertz CT molecular complexity index is 1510. The average Bonchev–Trinajstić information content (AvgIpc) is 3.47. The fourth-order valence-corrected chi connectivity index (χ4v) is 6.11. The maximum atomic E-state index is 14.1. The van der Waals surface area contributed by atoms with Gasteiger partial charge in [-0.15, -0.1) is 0 Å². The van der Waals surface area contributed by atoms with Gasteiger partial charge in [-0.1, -0.05) is 39.0 Å². The third-order valence-electron chi connectivity index (χ3n) is 6.59. The van der Waals surface area contributed by atoms with Crippen molar-refractivity contribution in [2.75, 3.05) is 12.3 Å². The Balaban J connectivity index is 1.62. The number of benzene rings is 1. The summed E-state index contributed by atoms with van der Waals surface area (Å²) in [7, 11) is -4.47. The summed E-state index contributed by atoms with van der Waals surface area (Å²) in [5, 5.41) is 39.1. The number of aliphatic hydroxyl groups excluding tert-OH is 2. The van der Waals surface area contributed by atoms with Crippen molar-refractivity contribution in [3.8, 4) is 11.8 Å². The van der Waals surface area contributed by atoms with Gasteiger partial charge in [0, 0.05) is 0 Å². The van der Waals surface area contributed by atoms with Crippen LogP contribution in [0.4, 0.5) is 5.82 Å². The van der Waals surface area contributed by atoms with E-state index in [0.29, 0.717) is 5.52 Å². The van der Waals surface area contributed by atoms with E-state index in [0.717, 1.165) is 0 Å². The van der Waals surface area contributed by atoms with E-state index < -0.39 is 49.8 Å². The number of nitrogen functional groups attached to an aromatic ring is 1. The first-order chi connectivity index (χ1) is 19.7. The molecule has 226 valence electrons. The Morgan fingerprint density at radius 3 is 2.60 bits per heavy atom. The number of ether oxygens (including phenoxy) is 2. The molecule has 15 heteroatoms. The van der Waals surface area contributed by atoms with E-state index in [-0.39, 0.29) is 29.3 Å². The second-order valence-corrected chi connectivity index (χ2v) is 12.9. The highest BCUT2D eigenvalue weighted by Gasteiger charge is 2.60. The van der Waals surface area contributed by atoms with Crippen LogP contribution in [0.2, 0.25) is 0 Å². The second kappa shape index (κ2) is 12.0. The number of anilines is 1. The van der Waals surface area contributed by atoms with Crippen molar-refractivity contribution < 1.29 is 38.1 Å². The van der Waals surface area contributed by atoms with E-state index >= 15 is 0 Å². The molecule has 14 nitrogen and oxygen atoms in total. The molecule has 0 radical (unpaired) electrons. The summed E-state index contributed by atoms with van der Waals surface area (Å²) in [4.78, 5) is 16.6. The van der Waals surface area contributed by atoms with E-state index in [1.807, 2.05) is 26.8 Å². The molecule has 3 heterocycles. The molecule has 1 saturated heterocycles. The van der Waals surface area contributed by atoms with Crippen molar-refractivity contribution in [1.29, 1.82) is 5.26 Å². The van der Waals surface area contributed by atoms with E-state index in [9.17, 15) is 24.8 Å². The molecule has 2 aromatic heterocycles. The summed E-state index contributed by atoms with van der Waals surface area (Å²) in [6.45, 7) is 8.54. The highest BCUT2D eigenvalue weighted by Crippen LogP contribution is 2.51. The average molecular weight is 603 g/mol. The fourth-order valence-electron chi connectivity index (χ4n) is 4.40. The van der Waals surface area contributed by atoms with Crippen LogP contribution in [0.25, 0.3) is 5.52 Å². The minimum atomic E-state index is -4.47. The van der Waals surface area contributed by atoms with Gasteiger partial charge in [-0.2, -0.15) is 15.4 Å². The Labute approximate surface area is 242 Å². The van der Waals surface area contributed by atoms with Crippen LogP contribution in [-0.4, -0.2) is 67.3 Å². The van der Waals surface area contributed by atoms with Gasteiger partial charge in [0.15, 0.2) is 5.82 Å². The zero-order valence-electron chi connectivity index (χ0n) is 23.9. The molecule has 1 aliphatic rings. The number of para-hydroxylation sites is 1. The molecule has 5 N–H and O–H groups in total. The lowest BCUT2D eigenvalue weighted by Gasteiger charge is -2.33. The van der Waals surface area contributed by atoms with Gasteiger partial charge in [0.25, 0.3) is 0 Å². The van der Waals surface area contributed by atoms with E-state index in [4.69, 9.17) is 24.3 Å². The lowest BCUT2D eigenvalue weighted by Crippen LogP contribution is -2.51. The molecule has 0 aliphatic carbocycles. The number of aliphatic hydroxyl groups is 2. The van der Waals surface area contributed by atoms with Crippen LogP contribution >= 0.6 is 7.75 Å². The van der Waals surface area contributed by atoms with Crippen molar-refractivity contribution in [3.63, 3.8) is 0 Å². The van der Waals surface area contributed by atoms with Gasteiger partial charge in [0.05, 0.1) is 12.3 Å². The summed E-state index contributed by atoms with van der Waals surface area (Å²) < 4.78 is 38.3. The number of nitriles is 1. The van der Waals surface area contributed by atoms with Crippen molar-refractivity contribution >= 4 is 25.1 Å². The van der Waals surface area contributed by atoms with Gasteiger partial charge >= 0.3 is 13.7 Å². The minimum Gasteiger partial charge on any atom is -0.464 e. The number of hydrogen-bond donors (Lipinski definition) is 4. The molecular formula is C27H35N6O8P. The Kier molecular flexibility index (Phi) is 8.94. The van der Waals surface area contributed by atoms with Crippen molar-refractivity contribution in [3.05, 3.63) is 54.5 Å². The van der Waals surface area contributed by atoms with Gasteiger partial charge in [0.2, 0.25) is 5.60 Å². The van der Waals surface area contributed by atoms with E-state index in [1.165, 1.54) is 36.8 Å². The molecule has 0 saturated carbocycles. The smallest absolute Gasteiger partial charge is 0.459 e. The van der Waals surface area contributed by atoms with Crippen LogP contribution < -0.4 is 15.3 Å². The third kappa shape index (κ3) is 6.42. The molecule has 42 heavy (non-hydrogen) atoms. The Morgan fingerprint density at radius 1 is 1.26 bits per heavy atom. The molecule has 0 amide bonds. The number of carbonyl (C=O) groups excluding carboxylic acids is 1. The predicted molar refractivity (Wildman–Crippen MR) is 150 cm³/mol. The lowest BCUT2D eigenvalue weighted by atomic mass is 9.91. The number of esters is 1. The van der Waals surface area contributed by atoms with Gasteiger partial charge in [-0.05, 0) is 43.5 Å². The molecule has 3 aromatic rings. The molecule has 0 bridgehead atoms. The largest absolute Gasteiger partial charge is 0.464 e. The highest BCUT2D eigenvalue weighted by molar-refractivity contribution is 7.52. The maximum Gasteiger partial charge on any atom is 0.459 e. The number of carbonyl (C=O) groups is 1. The molecule has 1 aliphatic heterocycles. The standard InChI is InChI=1S/C27H35N6O8P/c1-16(25(36)38-14-26(3,4)5)32-42(37,41-18-9-7-6-8-10-18)40-17(2)27(13-28)23(35)21(34)22(39-27)19-11-12-20-24(29)30-15-31-33(19)20/h6-12,15-17,21-23,34-35H,14H2,1-5H3,(H,32,37)(H2,29,30,31)/t16-,17?,21-,22-,23-,27+,42-/m0/s1. The van der Waals surface area contributed by atoms with Crippen LogP contribution in [0, 0.1) is 16.7 Å². The monoisotopic (exact) mass is 602 g/mol. The summed E-state index contributed by atoms with van der Waals surface area (Å²) in [5.41, 5.74) is 4.09. The topological polar surface area (TPSA) is 204 Å². The number of fused-ring (bicyclic) bond motifs is 1. The summed E-state index contributed by atoms with van der Waals surface area (Å²) in [6, 6.07) is 12.0.